The number of nitrogens with zero attached hydrogens (tertiary/aromatic N) is 1. The van der Waals surface area contributed by atoms with Crippen molar-refractivity contribution in [1.82, 2.24) is 10.3 Å². The highest BCUT2D eigenvalue weighted by molar-refractivity contribution is 6.33. The third-order valence-corrected chi connectivity index (χ3v) is 3.27. The molecule has 2 aromatic rings. The van der Waals surface area contributed by atoms with Crippen LogP contribution in [0.2, 0.25) is 5.02 Å². The molecule has 0 bridgehead atoms. The monoisotopic (exact) mass is 307 g/mol. The third kappa shape index (κ3) is 4.16. The van der Waals surface area contributed by atoms with Crippen LogP contribution in [0.15, 0.2) is 36.5 Å². The number of pyridine rings is 1. The Labute approximate surface area is 127 Å². The Balaban J connectivity index is 1.94. The Morgan fingerprint density at radius 1 is 1.33 bits per heavy atom. The summed E-state index contributed by atoms with van der Waals surface area (Å²) in [6.45, 7) is 0.442. The van der Waals surface area contributed by atoms with E-state index in [1.165, 1.54) is 18.3 Å². The number of anilines is 1. The molecule has 0 spiro atoms. The molecule has 0 unspecified atom stereocenters. The highest BCUT2D eigenvalue weighted by Gasteiger charge is 2.11. The summed E-state index contributed by atoms with van der Waals surface area (Å²) in [4.78, 5) is 16.1. The largest absolute Gasteiger partial charge is 0.373 e. The SMILES string of the molecule is CNc1cc(C(=O)NCCc2ccc(F)cc2)c(Cl)cn1. The first-order valence-electron chi connectivity index (χ1n) is 6.46. The van der Waals surface area contributed by atoms with E-state index in [2.05, 4.69) is 15.6 Å². The lowest BCUT2D eigenvalue weighted by Crippen LogP contribution is -2.26. The van der Waals surface area contributed by atoms with Gasteiger partial charge < -0.3 is 10.6 Å². The highest BCUT2D eigenvalue weighted by atomic mass is 35.5. The fourth-order valence-corrected chi connectivity index (χ4v) is 2.01. The average molecular weight is 308 g/mol. The number of carbonyl (C=O) groups is 1. The molecule has 0 atom stereocenters. The van der Waals surface area contributed by atoms with E-state index in [4.69, 9.17) is 11.6 Å². The van der Waals surface area contributed by atoms with Crippen LogP contribution in [0, 0.1) is 5.82 Å². The van der Waals surface area contributed by atoms with Crippen LogP contribution in [0.1, 0.15) is 15.9 Å². The van der Waals surface area contributed by atoms with Crippen molar-refractivity contribution in [3.63, 3.8) is 0 Å². The second-order valence-electron chi connectivity index (χ2n) is 4.43. The average Bonchev–Trinajstić information content (AvgIpc) is 2.49. The van der Waals surface area contributed by atoms with Gasteiger partial charge in [0.25, 0.3) is 5.91 Å². The summed E-state index contributed by atoms with van der Waals surface area (Å²) in [7, 11) is 1.71. The van der Waals surface area contributed by atoms with Crippen LogP contribution in [-0.2, 0) is 6.42 Å². The molecular formula is C15H15ClFN3O. The molecule has 21 heavy (non-hydrogen) atoms. The standard InChI is InChI=1S/C15H15ClFN3O/c1-18-14-8-12(13(16)9-20-14)15(21)19-7-6-10-2-4-11(17)5-3-10/h2-5,8-9H,6-7H2,1H3,(H,18,20)(H,19,21). The topological polar surface area (TPSA) is 54.0 Å². The van der Waals surface area contributed by atoms with Crippen LogP contribution >= 0.6 is 11.6 Å². The molecule has 0 saturated carbocycles. The molecule has 2 rings (SSSR count). The summed E-state index contributed by atoms with van der Waals surface area (Å²) < 4.78 is 12.8. The van der Waals surface area contributed by atoms with Crippen molar-refractivity contribution in [3.05, 3.63) is 58.5 Å². The van der Waals surface area contributed by atoms with E-state index < -0.39 is 0 Å². The van der Waals surface area contributed by atoms with Gasteiger partial charge in [0.05, 0.1) is 10.6 Å². The Morgan fingerprint density at radius 3 is 2.71 bits per heavy atom. The number of carbonyl (C=O) groups excluding carboxylic acids is 1. The van der Waals surface area contributed by atoms with Crippen molar-refractivity contribution in [2.45, 2.75) is 6.42 Å². The maximum Gasteiger partial charge on any atom is 0.253 e. The van der Waals surface area contributed by atoms with Crippen LogP contribution in [0.25, 0.3) is 0 Å². The van der Waals surface area contributed by atoms with Crippen LogP contribution < -0.4 is 10.6 Å². The number of hydrogen-bond acceptors (Lipinski definition) is 3. The van der Waals surface area contributed by atoms with Gasteiger partial charge in [0.15, 0.2) is 0 Å². The summed E-state index contributed by atoms with van der Waals surface area (Å²) in [5, 5.41) is 5.93. The van der Waals surface area contributed by atoms with E-state index in [0.29, 0.717) is 29.4 Å². The Kier molecular flexibility index (Phi) is 5.11. The zero-order valence-electron chi connectivity index (χ0n) is 11.5. The van der Waals surface area contributed by atoms with Gasteiger partial charge in [0.2, 0.25) is 0 Å². The number of aromatic nitrogens is 1. The lowest BCUT2D eigenvalue weighted by molar-refractivity contribution is 0.0954. The maximum atomic E-state index is 12.8. The molecule has 1 aromatic carbocycles. The molecule has 1 heterocycles. The zero-order valence-corrected chi connectivity index (χ0v) is 12.2. The van der Waals surface area contributed by atoms with E-state index in [1.54, 1.807) is 25.2 Å². The smallest absolute Gasteiger partial charge is 0.253 e. The van der Waals surface area contributed by atoms with Crippen molar-refractivity contribution >= 4 is 23.3 Å². The van der Waals surface area contributed by atoms with Gasteiger partial charge in [-0.05, 0) is 30.2 Å². The molecule has 1 aromatic heterocycles. The van der Waals surface area contributed by atoms with Gasteiger partial charge in [0.1, 0.15) is 11.6 Å². The molecule has 0 saturated heterocycles. The van der Waals surface area contributed by atoms with E-state index in [0.717, 1.165) is 5.56 Å². The normalized spacial score (nSPS) is 10.2. The zero-order chi connectivity index (χ0) is 15.2. The Morgan fingerprint density at radius 2 is 2.05 bits per heavy atom. The van der Waals surface area contributed by atoms with Crippen LogP contribution in [0.4, 0.5) is 10.2 Å². The predicted octanol–water partition coefficient (Wildman–Crippen LogP) is 2.89. The van der Waals surface area contributed by atoms with Gasteiger partial charge in [-0.3, -0.25) is 4.79 Å². The van der Waals surface area contributed by atoms with Crippen molar-refractivity contribution < 1.29 is 9.18 Å². The van der Waals surface area contributed by atoms with Crippen molar-refractivity contribution in [1.29, 1.82) is 0 Å². The predicted molar refractivity (Wildman–Crippen MR) is 81.2 cm³/mol. The van der Waals surface area contributed by atoms with E-state index in [-0.39, 0.29) is 11.7 Å². The summed E-state index contributed by atoms with van der Waals surface area (Å²) in [5.41, 5.74) is 1.32. The molecule has 0 fully saturated rings. The fraction of sp³-hybridized carbons (Fsp3) is 0.200. The van der Waals surface area contributed by atoms with Gasteiger partial charge in [-0.1, -0.05) is 23.7 Å². The van der Waals surface area contributed by atoms with Crippen molar-refractivity contribution in [2.75, 3.05) is 18.9 Å². The minimum atomic E-state index is -0.272. The Hall–Kier alpha value is -2.14. The summed E-state index contributed by atoms with van der Waals surface area (Å²) in [6.07, 6.45) is 2.05. The first kappa shape index (κ1) is 15.3. The van der Waals surface area contributed by atoms with Gasteiger partial charge in [-0.2, -0.15) is 0 Å². The maximum absolute atomic E-state index is 12.8. The number of benzene rings is 1. The highest BCUT2D eigenvalue weighted by Crippen LogP contribution is 2.17. The molecule has 1 amide bonds. The summed E-state index contributed by atoms with van der Waals surface area (Å²) in [5.74, 6) is 0.0371. The second-order valence-corrected chi connectivity index (χ2v) is 4.84. The molecule has 0 aliphatic carbocycles. The number of hydrogen-bond donors (Lipinski definition) is 2. The summed E-state index contributed by atoms with van der Waals surface area (Å²) in [6, 6.07) is 7.78. The molecule has 0 radical (unpaired) electrons. The van der Waals surface area contributed by atoms with Crippen LogP contribution in [0.5, 0.6) is 0 Å². The molecule has 2 N–H and O–H groups in total. The first-order valence-corrected chi connectivity index (χ1v) is 6.84. The lowest BCUT2D eigenvalue weighted by Gasteiger charge is -2.08. The first-order chi connectivity index (χ1) is 10.1. The molecule has 0 aliphatic heterocycles. The van der Waals surface area contributed by atoms with Gasteiger partial charge in [-0.15, -0.1) is 0 Å². The summed E-state index contributed by atoms with van der Waals surface area (Å²) >= 11 is 5.97. The van der Waals surface area contributed by atoms with E-state index >= 15 is 0 Å². The number of rotatable bonds is 5. The second kappa shape index (κ2) is 7.04. The Bertz CT molecular complexity index is 631. The minimum absolute atomic E-state index is 0.263. The molecule has 4 nitrogen and oxygen atoms in total. The quantitative estimate of drug-likeness (QED) is 0.893. The number of amides is 1. The van der Waals surface area contributed by atoms with Gasteiger partial charge in [0, 0.05) is 19.8 Å². The van der Waals surface area contributed by atoms with E-state index in [1.807, 2.05) is 0 Å². The van der Waals surface area contributed by atoms with E-state index in [9.17, 15) is 9.18 Å². The van der Waals surface area contributed by atoms with Crippen LogP contribution in [0.3, 0.4) is 0 Å². The number of halogens is 2. The van der Waals surface area contributed by atoms with Crippen molar-refractivity contribution in [3.8, 4) is 0 Å². The third-order valence-electron chi connectivity index (χ3n) is 2.97. The molecule has 6 heteroatoms. The lowest BCUT2D eigenvalue weighted by atomic mass is 10.1. The van der Waals surface area contributed by atoms with Crippen molar-refractivity contribution in [2.24, 2.45) is 0 Å². The molecule has 0 aliphatic rings. The molecular weight excluding hydrogens is 293 g/mol. The van der Waals surface area contributed by atoms with Crippen LogP contribution in [-0.4, -0.2) is 24.5 Å². The number of nitrogens with one attached hydrogen (secondary N) is 2. The fourth-order valence-electron chi connectivity index (χ4n) is 1.82. The molecule has 110 valence electrons. The van der Waals surface area contributed by atoms with Gasteiger partial charge in [-0.25, -0.2) is 9.37 Å². The minimum Gasteiger partial charge on any atom is -0.373 e. The van der Waals surface area contributed by atoms with Gasteiger partial charge >= 0.3 is 0 Å².